The fraction of sp³-hybridized carbons (Fsp3) is 0.353. The molecular weight excluding hydrogens is 270 g/mol. The van der Waals surface area contributed by atoms with Gasteiger partial charge in [0.2, 0.25) is 0 Å². The molecule has 0 spiro atoms. The molecule has 1 atom stereocenters. The topological polar surface area (TPSA) is 24.9 Å². The van der Waals surface area contributed by atoms with Crippen LogP contribution in [0, 0.1) is 11.6 Å². The number of aromatic nitrogens is 1. The van der Waals surface area contributed by atoms with Crippen molar-refractivity contribution in [1.29, 1.82) is 0 Å². The molecule has 0 radical (unpaired) electrons. The number of hydrogen-bond donors (Lipinski definition) is 1. The van der Waals surface area contributed by atoms with Crippen LogP contribution in [0.3, 0.4) is 0 Å². The van der Waals surface area contributed by atoms with Crippen LogP contribution in [0.4, 0.5) is 8.78 Å². The maximum atomic E-state index is 13.5. The Labute approximate surface area is 124 Å². The van der Waals surface area contributed by atoms with Crippen molar-refractivity contribution in [3.8, 4) is 0 Å². The number of halogens is 2. The van der Waals surface area contributed by atoms with E-state index >= 15 is 0 Å². The predicted molar refractivity (Wildman–Crippen MR) is 80.1 cm³/mol. The van der Waals surface area contributed by atoms with Gasteiger partial charge in [0.15, 0.2) is 0 Å². The first-order valence-electron chi connectivity index (χ1n) is 7.27. The van der Waals surface area contributed by atoms with Crippen LogP contribution < -0.4 is 5.32 Å². The number of rotatable bonds is 6. The summed E-state index contributed by atoms with van der Waals surface area (Å²) in [6.07, 6.45) is 5.29. The molecular formula is C17H20F2N2. The van der Waals surface area contributed by atoms with E-state index in [0.717, 1.165) is 36.6 Å². The smallest absolute Gasteiger partial charge is 0.126 e. The zero-order chi connectivity index (χ0) is 15.2. The molecule has 0 aliphatic carbocycles. The number of aryl methyl sites for hydroxylation is 1. The quantitative estimate of drug-likeness (QED) is 0.869. The highest BCUT2D eigenvalue weighted by Gasteiger charge is 2.18. The van der Waals surface area contributed by atoms with Crippen molar-refractivity contribution in [2.75, 3.05) is 6.54 Å². The van der Waals surface area contributed by atoms with Gasteiger partial charge in [-0.15, -0.1) is 0 Å². The van der Waals surface area contributed by atoms with Gasteiger partial charge in [-0.1, -0.05) is 13.8 Å². The number of hydrogen-bond acceptors (Lipinski definition) is 2. The summed E-state index contributed by atoms with van der Waals surface area (Å²) < 4.78 is 27.1. The van der Waals surface area contributed by atoms with Crippen LogP contribution in [0.2, 0.25) is 0 Å². The standard InChI is InChI=1S/C17H20F2N2/c1-3-6-21-17(13-8-14(18)10-15(19)9-13)16-5-7-20-11-12(16)4-2/h5,7-11,17,21H,3-4,6H2,1-2H3. The largest absolute Gasteiger partial charge is 0.306 e. The third-order valence-corrected chi connectivity index (χ3v) is 3.45. The third kappa shape index (κ3) is 3.85. The van der Waals surface area contributed by atoms with E-state index in [0.29, 0.717) is 5.56 Å². The Bertz CT molecular complexity index is 579. The van der Waals surface area contributed by atoms with Crippen LogP contribution in [0.5, 0.6) is 0 Å². The van der Waals surface area contributed by atoms with Gasteiger partial charge >= 0.3 is 0 Å². The number of nitrogens with zero attached hydrogens (tertiary/aromatic N) is 1. The van der Waals surface area contributed by atoms with Gasteiger partial charge in [0.25, 0.3) is 0 Å². The Hall–Kier alpha value is -1.81. The molecule has 0 saturated heterocycles. The fourth-order valence-electron chi connectivity index (χ4n) is 2.45. The minimum Gasteiger partial charge on any atom is -0.306 e. The highest BCUT2D eigenvalue weighted by Crippen LogP contribution is 2.26. The molecule has 2 nitrogen and oxygen atoms in total. The van der Waals surface area contributed by atoms with Gasteiger partial charge in [-0.2, -0.15) is 0 Å². The Morgan fingerprint density at radius 2 is 1.86 bits per heavy atom. The van der Waals surface area contributed by atoms with Gasteiger partial charge in [0, 0.05) is 18.5 Å². The molecule has 0 saturated carbocycles. The molecule has 0 bridgehead atoms. The van der Waals surface area contributed by atoms with Gasteiger partial charge in [0.05, 0.1) is 6.04 Å². The van der Waals surface area contributed by atoms with Crippen LogP contribution in [0.15, 0.2) is 36.7 Å². The van der Waals surface area contributed by atoms with Crippen molar-refractivity contribution in [2.45, 2.75) is 32.7 Å². The van der Waals surface area contributed by atoms with Gasteiger partial charge in [-0.3, -0.25) is 4.98 Å². The Balaban J connectivity index is 2.46. The number of nitrogens with one attached hydrogen (secondary N) is 1. The van der Waals surface area contributed by atoms with Crippen LogP contribution in [-0.2, 0) is 6.42 Å². The molecule has 2 aromatic rings. The molecule has 0 amide bonds. The monoisotopic (exact) mass is 290 g/mol. The van der Waals surface area contributed by atoms with Crippen molar-refractivity contribution in [3.63, 3.8) is 0 Å². The highest BCUT2D eigenvalue weighted by molar-refractivity contribution is 5.36. The molecule has 1 aromatic heterocycles. The Morgan fingerprint density at radius 1 is 1.14 bits per heavy atom. The summed E-state index contributed by atoms with van der Waals surface area (Å²) in [4.78, 5) is 4.13. The van der Waals surface area contributed by atoms with Gasteiger partial charge in [-0.25, -0.2) is 8.78 Å². The molecule has 1 unspecified atom stereocenters. The predicted octanol–water partition coefficient (Wildman–Crippen LogP) is 4.01. The summed E-state index contributed by atoms with van der Waals surface area (Å²) in [5.41, 5.74) is 2.70. The zero-order valence-electron chi connectivity index (χ0n) is 12.4. The van der Waals surface area contributed by atoms with E-state index < -0.39 is 11.6 Å². The molecule has 21 heavy (non-hydrogen) atoms. The lowest BCUT2D eigenvalue weighted by atomic mass is 9.94. The molecule has 1 N–H and O–H groups in total. The zero-order valence-corrected chi connectivity index (χ0v) is 12.4. The van der Waals surface area contributed by atoms with Gasteiger partial charge in [0.1, 0.15) is 11.6 Å². The Morgan fingerprint density at radius 3 is 2.48 bits per heavy atom. The van der Waals surface area contributed by atoms with Crippen molar-refractivity contribution >= 4 is 0 Å². The second kappa shape index (κ2) is 7.27. The lowest BCUT2D eigenvalue weighted by molar-refractivity contribution is 0.557. The molecule has 4 heteroatoms. The summed E-state index contributed by atoms with van der Waals surface area (Å²) in [7, 11) is 0. The molecule has 0 aliphatic heterocycles. The maximum Gasteiger partial charge on any atom is 0.126 e. The van der Waals surface area contributed by atoms with Crippen molar-refractivity contribution in [2.24, 2.45) is 0 Å². The molecule has 1 aromatic carbocycles. The lowest BCUT2D eigenvalue weighted by Gasteiger charge is -2.22. The minimum atomic E-state index is -0.555. The number of benzene rings is 1. The van der Waals surface area contributed by atoms with Crippen LogP contribution in [-0.4, -0.2) is 11.5 Å². The summed E-state index contributed by atoms with van der Waals surface area (Å²) in [6, 6.07) is 5.35. The summed E-state index contributed by atoms with van der Waals surface area (Å²) in [5.74, 6) is -1.11. The molecule has 0 aliphatic rings. The van der Waals surface area contributed by atoms with E-state index in [9.17, 15) is 8.78 Å². The lowest BCUT2D eigenvalue weighted by Crippen LogP contribution is -2.24. The van der Waals surface area contributed by atoms with Gasteiger partial charge in [-0.05, 0) is 54.3 Å². The van der Waals surface area contributed by atoms with E-state index in [1.807, 2.05) is 19.2 Å². The molecule has 1 heterocycles. The van der Waals surface area contributed by atoms with Gasteiger partial charge < -0.3 is 5.32 Å². The average Bonchev–Trinajstić information content (AvgIpc) is 2.47. The number of pyridine rings is 1. The van der Waals surface area contributed by atoms with E-state index in [1.165, 1.54) is 12.1 Å². The van der Waals surface area contributed by atoms with Crippen molar-refractivity contribution in [1.82, 2.24) is 10.3 Å². The SMILES string of the molecule is CCCNC(c1cc(F)cc(F)c1)c1ccncc1CC. The van der Waals surface area contributed by atoms with Crippen LogP contribution >= 0.6 is 0 Å². The first-order valence-corrected chi connectivity index (χ1v) is 7.27. The minimum absolute atomic E-state index is 0.229. The molecule has 0 fully saturated rings. The van der Waals surface area contributed by atoms with E-state index in [4.69, 9.17) is 0 Å². The normalized spacial score (nSPS) is 12.4. The Kier molecular flexibility index (Phi) is 5.39. The summed E-state index contributed by atoms with van der Waals surface area (Å²) in [6.45, 7) is 4.88. The average molecular weight is 290 g/mol. The van der Waals surface area contributed by atoms with E-state index in [1.54, 1.807) is 6.20 Å². The summed E-state index contributed by atoms with van der Waals surface area (Å²) in [5, 5.41) is 3.37. The fourth-order valence-corrected chi connectivity index (χ4v) is 2.45. The maximum absolute atomic E-state index is 13.5. The molecule has 112 valence electrons. The third-order valence-electron chi connectivity index (χ3n) is 3.45. The molecule has 2 rings (SSSR count). The first-order chi connectivity index (χ1) is 10.2. The van der Waals surface area contributed by atoms with Crippen LogP contribution in [0.1, 0.15) is 43.0 Å². The van der Waals surface area contributed by atoms with Crippen molar-refractivity contribution < 1.29 is 8.78 Å². The highest BCUT2D eigenvalue weighted by atomic mass is 19.1. The van der Waals surface area contributed by atoms with Crippen molar-refractivity contribution in [3.05, 3.63) is 65.0 Å². The van der Waals surface area contributed by atoms with Crippen LogP contribution in [0.25, 0.3) is 0 Å². The van der Waals surface area contributed by atoms with E-state index in [2.05, 4.69) is 17.2 Å². The van der Waals surface area contributed by atoms with E-state index in [-0.39, 0.29) is 6.04 Å². The second-order valence-corrected chi connectivity index (χ2v) is 5.02. The second-order valence-electron chi connectivity index (χ2n) is 5.02. The first kappa shape index (κ1) is 15.6. The summed E-state index contributed by atoms with van der Waals surface area (Å²) >= 11 is 0.